The van der Waals surface area contributed by atoms with E-state index in [9.17, 15) is 4.79 Å². The van der Waals surface area contributed by atoms with E-state index in [2.05, 4.69) is 17.2 Å². The summed E-state index contributed by atoms with van der Waals surface area (Å²) >= 11 is 0. The van der Waals surface area contributed by atoms with Crippen LogP contribution in [0.2, 0.25) is 0 Å². The average molecular weight is 220 g/mol. The van der Waals surface area contributed by atoms with E-state index in [4.69, 9.17) is 5.11 Å². The molecule has 1 aromatic heterocycles. The Balaban J connectivity index is 2.02. The summed E-state index contributed by atoms with van der Waals surface area (Å²) in [6, 6.07) is 3.79. The second kappa shape index (κ2) is 4.51. The Hall–Kier alpha value is -1.58. The van der Waals surface area contributed by atoms with Crippen LogP contribution in [0.4, 0.5) is 5.82 Å². The van der Waals surface area contributed by atoms with Gasteiger partial charge in [0, 0.05) is 12.2 Å². The molecular formula is C12H16N2O2. The molecule has 0 aromatic carbocycles. The van der Waals surface area contributed by atoms with E-state index in [1.54, 1.807) is 12.1 Å². The highest BCUT2D eigenvalue weighted by molar-refractivity contribution is 5.87. The van der Waals surface area contributed by atoms with Gasteiger partial charge in [0.1, 0.15) is 5.82 Å². The summed E-state index contributed by atoms with van der Waals surface area (Å²) in [5.41, 5.74) is 0.227. The number of carboxylic acids is 1. The lowest BCUT2D eigenvalue weighted by Crippen LogP contribution is -2.22. The van der Waals surface area contributed by atoms with E-state index in [1.807, 2.05) is 0 Å². The molecule has 1 fully saturated rings. The predicted octanol–water partition coefficient (Wildman–Crippen LogP) is 2.38. The Morgan fingerprint density at radius 1 is 1.50 bits per heavy atom. The van der Waals surface area contributed by atoms with Gasteiger partial charge in [0.15, 0.2) is 0 Å². The third kappa shape index (κ3) is 2.32. The second-order valence-corrected chi connectivity index (χ2v) is 4.40. The van der Waals surface area contributed by atoms with Crippen LogP contribution in [0, 0.1) is 5.92 Å². The maximum absolute atomic E-state index is 10.6. The number of nitrogens with one attached hydrogen (secondary N) is 1. The zero-order valence-electron chi connectivity index (χ0n) is 9.31. The van der Waals surface area contributed by atoms with E-state index in [-0.39, 0.29) is 5.56 Å². The minimum atomic E-state index is -0.937. The van der Waals surface area contributed by atoms with Crippen LogP contribution in [0.5, 0.6) is 0 Å². The van der Waals surface area contributed by atoms with Gasteiger partial charge in [0.25, 0.3) is 0 Å². The molecule has 1 saturated carbocycles. The van der Waals surface area contributed by atoms with E-state index in [0.29, 0.717) is 12.0 Å². The number of anilines is 1. The van der Waals surface area contributed by atoms with E-state index in [0.717, 1.165) is 5.82 Å². The molecule has 1 aliphatic rings. The van der Waals surface area contributed by atoms with Gasteiger partial charge >= 0.3 is 5.97 Å². The summed E-state index contributed by atoms with van der Waals surface area (Å²) < 4.78 is 0. The monoisotopic (exact) mass is 220 g/mol. The minimum Gasteiger partial charge on any atom is -0.478 e. The number of hydrogen-bond acceptors (Lipinski definition) is 3. The Morgan fingerprint density at radius 2 is 2.31 bits per heavy atom. The van der Waals surface area contributed by atoms with Crippen molar-refractivity contribution in [2.45, 2.75) is 32.2 Å². The van der Waals surface area contributed by atoms with E-state index in [1.165, 1.54) is 25.5 Å². The fourth-order valence-corrected chi connectivity index (χ4v) is 2.16. The van der Waals surface area contributed by atoms with Gasteiger partial charge in [0.2, 0.25) is 0 Å². The lowest BCUT2D eigenvalue weighted by Gasteiger charge is -2.17. The van der Waals surface area contributed by atoms with Gasteiger partial charge in [-0.15, -0.1) is 0 Å². The SMILES string of the molecule is CC1CCCC1Nc1ccc(C(=O)O)cn1. The maximum Gasteiger partial charge on any atom is 0.337 e. The molecule has 1 aliphatic carbocycles. The Morgan fingerprint density at radius 3 is 2.81 bits per heavy atom. The van der Waals surface area contributed by atoms with Crippen molar-refractivity contribution in [3.8, 4) is 0 Å². The van der Waals surface area contributed by atoms with Crippen molar-refractivity contribution in [1.82, 2.24) is 4.98 Å². The highest BCUT2D eigenvalue weighted by Crippen LogP contribution is 2.27. The standard InChI is InChI=1S/C12H16N2O2/c1-8-3-2-4-10(8)14-11-6-5-9(7-13-11)12(15)16/h5-8,10H,2-4H2,1H3,(H,13,14)(H,15,16). The van der Waals surface area contributed by atoms with Crippen LogP contribution in [0.3, 0.4) is 0 Å². The molecule has 0 saturated heterocycles. The van der Waals surface area contributed by atoms with Crippen LogP contribution in [0.1, 0.15) is 36.5 Å². The first-order chi connectivity index (χ1) is 7.66. The molecular weight excluding hydrogens is 204 g/mol. The number of nitrogens with zero attached hydrogens (tertiary/aromatic N) is 1. The van der Waals surface area contributed by atoms with Crippen LogP contribution in [0.15, 0.2) is 18.3 Å². The maximum atomic E-state index is 10.6. The summed E-state index contributed by atoms with van der Waals surface area (Å²) in [4.78, 5) is 14.8. The Bertz CT molecular complexity index is 375. The first kappa shape index (κ1) is 10.9. The Labute approximate surface area is 94.7 Å². The third-order valence-electron chi connectivity index (χ3n) is 3.21. The summed E-state index contributed by atoms with van der Waals surface area (Å²) in [5, 5.41) is 12.1. The van der Waals surface area contributed by atoms with Gasteiger partial charge in [-0.2, -0.15) is 0 Å². The number of hydrogen-bond donors (Lipinski definition) is 2. The van der Waals surface area contributed by atoms with Crippen LogP contribution in [-0.2, 0) is 0 Å². The van der Waals surface area contributed by atoms with Gasteiger partial charge in [-0.3, -0.25) is 0 Å². The fraction of sp³-hybridized carbons (Fsp3) is 0.500. The smallest absolute Gasteiger partial charge is 0.337 e. The van der Waals surface area contributed by atoms with Crippen molar-refractivity contribution in [1.29, 1.82) is 0 Å². The summed E-state index contributed by atoms with van der Waals surface area (Å²) in [5.74, 6) is 0.498. The quantitative estimate of drug-likeness (QED) is 0.821. The number of carboxylic acid groups (broad SMARTS) is 1. The zero-order chi connectivity index (χ0) is 11.5. The number of rotatable bonds is 3. The summed E-state index contributed by atoms with van der Waals surface area (Å²) in [6.07, 6.45) is 5.07. The largest absolute Gasteiger partial charge is 0.478 e. The molecule has 2 unspecified atom stereocenters. The van der Waals surface area contributed by atoms with Crippen molar-refractivity contribution >= 4 is 11.8 Å². The molecule has 86 valence electrons. The molecule has 1 heterocycles. The van der Waals surface area contributed by atoms with Gasteiger partial charge in [-0.05, 0) is 30.9 Å². The van der Waals surface area contributed by atoms with Crippen LogP contribution >= 0.6 is 0 Å². The molecule has 2 rings (SSSR count). The highest BCUT2D eigenvalue weighted by Gasteiger charge is 2.23. The van der Waals surface area contributed by atoms with Crippen LogP contribution in [-0.4, -0.2) is 22.1 Å². The molecule has 0 bridgehead atoms. The number of pyridine rings is 1. The molecule has 0 amide bonds. The fourth-order valence-electron chi connectivity index (χ4n) is 2.16. The lowest BCUT2D eigenvalue weighted by molar-refractivity contribution is 0.0696. The van der Waals surface area contributed by atoms with Gasteiger partial charge in [0.05, 0.1) is 5.56 Å². The zero-order valence-corrected chi connectivity index (χ0v) is 9.31. The third-order valence-corrected chi connectivity index (χ3v) is 3.21. The average Bonchev–Trinajstić information content (AvgIpc) is 2.65. The van der Waals surface area contributed by atoms with Crippen molar-refractivity contribution in [3.63, 3.8) is 0 Å². The first-order valence-electron chi connectivity index (χ1n) is 5.62. The predicted molar refractivity (Wildman–Crippen MR) is 61.6 cm³/mol. The normalized spacial score (nSPS) is 24.3. The van der Waals surface area contributed by atoms with E-state index >= 15 is 0 Å². The molecule has 16 heavy (non-hydrogen) atoms. The highest BCUT2D eigenvalue weighted by atomic mass is 16.4. The molecule has 0 spiro atoms. The second-order valence-electron chi connectivity index (χ2n) is 4.40. The van der Waals surface area contributed by atoms with Crippen LogP contribution in [0.25, 0.3) is 0 Å². The van der Waals surface area contributed by atoms with E-state index < -0.39 is 5.97 Å². The Kier molecular flexibility index (Phi) is 3.08. The first-order valence-corrected chi connectivity index (χ1v) is 5.62. The molecule has 4 nitrogen and oxygen atoms in total. The number of aromatic nitrogens is 1. The molecule has 0 aliphatic heterocycles. The van der Waals surface area contributed by atoms with Crippen molar-refractivity contribution in [2.24, 2.45) is 5.92 Å². The summed E-state index contributed by atoms with van der Waals surface area (Å²) in [6.45, 7) is 2.23. The van der Waals surface area contributed by atoms with Crippen molar-refractivity contribution in [2.75, 3.05) is 5.32 Å². The molecule has 2 N–H and O–H groups in total. The van der Waals surface area contributed by atoms with Crippen molar-refractivity contribution in [3.05, 3.63) is 23.9 Å². The molecule has 2 atom stereocenters. The van der Waals surface area contributed by atoms with Crippen LogP contribution < -0.4 is 5.32 Å². The minimum absolute atomic E-state index is 0.227. The topological polar surface area (TPSA) is 62.2 Å². The number of aromatic carboxylic acids is 1. The molecule has 0 radical (unpaired) electrons. The van der Waals surface area contributed by atoms with Gasteiger partial charge < -0.3 is 10.4 Å². The van der Waals surface area contributed by atoms with Gasteiger partial charge in [-0.25, -0.2) is 9.78 Å². The lowest BCUT2D eigenvalue weighted by atomic mass is 10.1. The van der Waals surface area contributed by atoms with Gasteiger partial charge in [-0.1, -0.05) is 13.3 Å². The number of carbonyl (C=O) groups is 1. The summed E-state index contributed by atoms with van der Waals surface area (Å²) in [7, 11) is 0. The molecule has 4 heteroatoms. The van der Waals surface area contributed by atoms with Crippen molar-refractivity contribution < 1.29 is 9.90 Å². The molecule has 1 aromatic rings.